The van der Waals surface area contributed by atoms with Crippen molar-refractivity contribution in [2.45, 2.75) is 406 Å². The van der Waals surface area contributed by atoms with Crippen molar-refractivity contribution in [3.05, 3.63) is 0 Å². The standard InChI is InChI=1S/C74H144O17P2/c1-6-9-12-15-18-21-22-23-24-30-33-36-39-44-48-53-58-72(77)85-64-70(91-74(79)60-55-50-45-40-37-34-31-28-26-25-27-29-32-35-38-41-46-51-56-67(4)5)66-89-93(82,83)87-62-68(75)61-86-92(80,81)88-65-69(90-73(78)59-54-49-43-20-17-14-11-8-3)63-84-71(76)57-52-47-42-19-16-13-10-7-2/h67-70,75H,6-66H2,1-5H3,(H,80,81)(H,82,83)/t68-,69+,70+/m0/s1. The third kappa shape index (κ3) is 68.4. The van der Waals surface area contributed by atoms with Crippen LogP contribution in [0.15, 0.2) is 0 Å². The summed E-state index contributed by atoms with van der Waals surface area (Å²) < 4.78 is 68.3. The SMILES string of the molecule is CCCCCCCCCCCCCCCCCCC(=O)OC[C@H](COP(=O)(O)OC[C@@H](O)COP(=O)(O)OC[C@@H](COC(=O)CCCCCCCCCC)OC(=O)CCCCCCCCCC)OC(=O)CCCCCCCCCCCCCCCCCCCCC(C)C. The van der Waals surface area contributed by atoms with Crippen LogP contribution in [-0.4, -0.2) is 96.7 Å². The van der Waals surface area contributed by atoms with Crippen molar-refractivity contribution >= 4 is 39.5 Å². The number of hydrogen-bond donors (Lipinski definition) is 3. The first kappa shape index (κ1) is 91.1. The topological polar surface area (TPSA) is 237 Å². The Morgan fingerprint density at radius 3 is 0.731 bits per heavy atom. The van der Waals surface area contributed by atoms with Gasteiger partial charge in [0.2, 0.25) is 0 Å². The van der Waals surface area contributed by atoms with Crippen LogP contribution in [0.4, 0.5) is 0 Å². The van der Waals surface area contributed by atoms with Crippen molar-refractivity contribution < 1.29 is 80.2 Å². The van der Waals surface area contributed by atoms with Crippen molar-refractivity contribution in [1.29, 1.82) is 0 Å². The number of ether oxygens (including phenoxy) is 4. The lowest BCUT2D eigenvalue weighted by atomic mass is 10.0. The van der Waals surface area contributed by atoms with Crippen molar-refractivity contribution in [1.82, 2.24) is 0 Å². The average Bonchev–Trinajstić information content (AvgIpc) is 2.49. The minimum absolute atomic E-state index is 0.105. The fraction of sp³-hybridized carbons (Fsp3) is 0.946. The summed E-state index contributed by atoms with van der Waals surface area (Å²) >= 11 is 0. The molecule has 2 unspecified atom stereocenters. The van der Waals surface area contributed by atoms with Gasteiger partial charge in [-0.2, -0.15) is 0 Å². The van der Waals surface area contributed by atoms with Crippen LogP contribution in [0.25, 0.3) is 0 Å². The van der Waals surface area contributed by atoms with Gasteiger partial charge in [-0.15, -0.1) is 0 Å². The van der Waals surface area contributed by atoms with E-state index in [1.807, 2.05) is 0 Å². The summed E-state index contributed by atoms with van der Waals surface area (Å²) in [5.41, 5.74) is 0. The van der Waals surface area contributed by atoms with Gasteiger partial charge in [0, 0.05) is 25.7 Å². The van der Waals surface area contributed by atoms with Crippen LogP contribution >= 0.6 is 15.6 Å². The highest BCUT2D eigenvalue weighted by atomic mass is 31.2. The largest absolute Gasteiger partial charge is 0.472 e. The highest BCUT2D eigenvalue weighted by Crippen LogP contribution is 2.45. The van der Waals surface area contributed by atoms with E-state index >= 15 is 0 Å². The van der Waals surface area contributed by atoms with Crippen LogP contribution < -0.4 is 0 Å². The molecule has 0 aromatic heterocycles. The van der Waals surface area contributed by atoms with Crippen LogP contribution in [0.1, 0.15) is 388 Å². The fourth-order valence-corrected chi connectivity index (χ4v) is 12.9. The summed E-state index contributed by atoms with van der Waals surface area (Å²) in [7, 11) is -9.90. The Labute approximate surface area is 568 Å². The van der Waals surface area contributed by atoms with E-state index in [4.69, 9.17) is 37.0 Å². The molecule has 0 bridgehead atoms. The number of aliphatic hydroxyl groups excluding tert-OH is 1. The van der Waals surface area contributed by atoms with Crippen LogP contribution in [0, 0.1) is 5.92 Å². The van der Waals surface area contributed by atoms with Gasteiger partial charge in [0.1, 0.15) is 19.3 Å². The van der Waals surface area contributed by atoms with Crippen molar-refractivity contribution in [2.75, 3.05) is 39.6 Å². The number of esters is 4. The zero-order valence-corrected chi connectivity index (χ0v) is 62.2. The van der Waals surface area contributed by atoms with E-state index in [2.05, 4.69) is 34.6 Å². The molecular weight excluding hydrogens is 1220 g/mol. The molecule has 17 nitrogen and oxygen atoms in total. The quantitative estimate of drug-likeness (QED) is 0.0222. The molecule has 552 valence electrons. The van der Waals surface area contributed by atoms with E-state index in [1.165, 1.54) is 199 Å². The molecule has 0 aliphatic carbocycles. The summed E-state index contributed by atoms with van der Waals surface area (Å²) in [5.74, 6) is -1.30. The third-order valence-electron chi connectivity index (χ3n) is 17.3. The zero-order chi connectivity index (χ0) is 68.4. The van der Waals surface area contributed by atoms with E-state index < -0.39 is 97.5 Å². The molecule has 5 atom stereocenters. The average molecular weight is 1370 g/mol. The van der Waals surface area contributed by atoms with Crippen LogP contribution in [0.3, 0.4) is 0 Å². The van der Waals surface area contributed by atoms with E-state index in [9.17, 15) is 43.2 Å². The molecule has 0 amide bonds. The highest BCUT2D eigenvalue weighted by Gasteiger charge is 2.30. The number of rotatable bonds is 74. The number of carbonyl (C=O) groups is 4. The van der Waals surface area contributed by atoms with Crippen molar-refractivity contribution in [2.24, 2.45) is 5.92 Å². The van der Waals surface area contributed by atoms with E-state index in [-0.39, 0.29) is 25.7 Å². The monoisotopic (exact) mass is 1370 g/mol. The molecule has 0 aliphatic heterocycles. The lowest BCUT2D eigenvalue weighted by Crippen LogP contribution is -2.30. The Balaban J connectivity index is 5.14. The van der Waals surface area contributed by atoms with E-state index in [0.29, 0.717) is 25.7 Å². The van der Waals surface area contributed by atoms with Gasteiger partial charge in [-0.25, -0.2) is 9.13 Å². The maximum Gasteiger partial charge on any atom is 0.472 e. The second-order valence-corrected chi connectivity index (χ2v) is 30.1. The predicted octanol–water partition coefficient (Wildman–Crippen LogP) is 21.7. The smallest absolute Gasteiger partial charge is 0.462 e. The Morgan fingerprint density at radius 1 is 0.290 bits per heavy atom. The first-order valence-corrected chi connectivity index (χ1v) is 41.6. The zero-order valence-electron chi connectivity index (χ0n) is 60.4. The second kappa shape index (κ2) is 67.3. The molecule has 0 fully saturated rings. The number of unbranched alkanes of at least 4 members (excludes halogenated alkanes) is 46. The molecule has 0 aliphatic rings. The minimum atomic E-state index is -4.95. The van der Waals surface area contributed by atoms with Gasteiger partial charge in [-0.05, 0) is 31.6 Å². The summed E-state index contributed by atoms with van der Waals surface area (Å²) in [6, 6.07) is 0. The first-order valence-electron chi connectivity index (χ1n) is 38.6. The van der Waals surface area contributed by atoms with E-state index in [1.54, 1.807) is 0 Å². The third-order valence-corrected chi connectivity index (χ3v) is 19.2. The van der Waals surface area contributed by atoms with Gasteiger partial charge in [0.05, 0.1) is 26.4 Å². The first-order chi connectivity index (χ1) is 45.0. The summed E-state index contributed by atoms with van der Waals surface area (Å²) in [5, 5.41) is 10.6. The lowest BCUT2D eigenvalue weighted by molar-refractivity contribution is -0.161. The maximum absolute atomic E-state index is 13.1. The maximum atomic E-state index is 13.1. The molecule has 0 rings (SSSR count). The molecule has 0 saturated heterocycles. The minimum Gasteiger partial charge on any atom is -0.462 e. The number of aliphatic hydroxyl groups is 1. The van der Waals surface area contributed by atoms with Crippen LogP contribution in [0.5, 0.6) is 0 Å². The van der Waals surface area contributed by atoms with Gasteiger partial charge in [-0.1, -0.05) is 336 Å². The van der Waals surface area contributed by atoms with Crippen LogP contribution in [0.2, 0.25) is 0 Å². The molecule has 0 aromatic carbocycles. The number of phosphoric ester groups is 2. The van der Waals surface area contributed by atoms with Gasteiger partial charge in [0.25, 0.3) is 0 Å². The molecule has 0 heterocycles. The van der Waals surface area contributed by atoms with Gasteiger partial charge in [0.15, 0.2) is 12.2 Å². The Kier molecular flexibility index (Phi) is 65.9. The second-order valence-electron chi connectivity index (χ2n) is 27.2. The molecule has 0 spiro atoms. The van der Waals surface area contributed by atoms with E-state index in [0.717, 1.165) is 109 Å². The summed E-state index contributed by atoms with van der Waals surface area (Å²) in [6.07, 6.45) is 55.7. The molecule has 19 heteroatoms. The summed E-state index contributed by atoms with van der Waals surface area (Å²) in [6.45, 7) is 7.26. The number of phosphoric acid groups is 2. The number of carbonyl (C=O) groups excluding carboxylic acids is 4. The summed E-state index contributed by atoms with van der Waals surface area (Å²) in [4.78, 5) is 72.5. The fourth-order valence-electron chi connectivity index (χ4n) is 11.4. The Bertz CT molecular complexity index is 1790. The molecule has 0 aromatic rings. The lowest BCUT2D eigenvalue weighted by Gasteiger charge is -2.21. The highest BCUT2D eigenvalue weighted by molar-refractivity contribution is 7.47. The molecule has 0 radical (unpaired) electrons. The predicted molar refractivity (Wildman–Crippen MR) is 377 cm³/mol. The van der Waals surface area contributed by atoms with Crippen molar-refractivity contribution in [3.63, 3.8) is 0 Å². The molecule has 93 heavy (non-hydrogen) atoms. The van der Waals surface area contributed by atoms with Crippen molar-refractivity contribution in [3.8, 4) is 0 Å². The van der Waals surface area contributed by atoms with Gasteiger partial charge < -0.3 is 33.8 Å². The van der Waals surface area contributed by atoms with Crippen LogP contribution in [-0.2, 0) is 65.4 Å². The van der Waals surface area contributed by atoms with Gasteiger partial charge in [-0.3, -0.25) is 37.3 Å². The normalized spacial score (nSPS) is 14.0. The van der Waals surface area contributed by atoms with Gasteiger partial charge >= 0.3 is 39.5 Å². The molecule has 3 N–H and O–H groups in total. The Morgan fingerprint density at radius 2 is 0.495 bits per heavy atom. The number of hydrogen-bond acceptors (Lipinski definition) is 15. The molecule has 0 saturated carbocycles. The molecular formula is C74H144O17P2. The Hall–Kier alpha value is -1.94.